The van der Waals surface area contributed by atoms with Gasteiger partial charge in [-0.1, -0.05) is 18.9 Å². The molecule has 0 aliphatic heterocycles. The van der Waals surface area contributed by atoms with Crippen LogP contribution in [0.25, 0.3) is 0 Å². The Morgan fingerprint density at radius 2 is 1.54 bits per heavy atom. The molecule has 0 radical (unpaired) electrons. The number of halogens is 1. The summed E-state index contributed by atoms with van der Waals surface area (Å²) >= 11 is 0. The standard InChI is InChI=1S/C14H16FNO3.C11H11NO4/c15-9-5-7-10(8-6-9)16-13(17)11-3-1-2-4-12(11)14(18)19;1-7-2-3-9(13)8(6-7)12-10(14)4-5-11(15)16/h5-8,11-12H,1-4H2,(H,16,17)(H,18,19);2-6,13H,1H3,(H,12,14)(H,15,16)/b;5-4-/t11-,12+;/m1./s1. The molecular weight excluding hydrogens is 459 g/mol. The number of phenolic OH excluding ortho intramolecular Hbond substituents is 1. The van der Waals surface area contributed by atoms with E-state index < -0.39 is 29.7 Å². The molecule has 0 aromatic heterocycles. The third kappa shape index (κ3) is 8.92. The summed E-state index contributed by atoms with van der Waals surface area (Å²) in [5.74, 6) is -4.59. The van der Waals surface area contributed by atoms with Gasteiger partial charge in [0.1, 0.15) is 11.6 Å². The summed E-state index contributed by atoms with van der Waals surface area (Å²) in [6, 6.07) is 10.2. The minimum Gasteiger partial charge on any atom is -0.506 e. The number of aromatic hydroxyl groups is 1. The van der Waals surface area contributed by atoms with Crippen molar-refractivity contribution in [1.82, 2.24) is 0 Å². The second-order valence-corrected chi connectivity index (χ2v) is 8.01. The molecular formula is C25H27FN2O7. The number of rotatable bonds is 6. The van der Waals surface area contributed by atoms with Crippen molar-refractivity contribution < 1.29 is 38.9 Å². The van der Waals surface area contributed by atoms with Gasteiger partial charge in [0.2, 0.25) is 11.8 Å². The van der Waals surface area contributed by atoms with E-state index in [2.05, 4.69) is 10.6 Å². The summed E-state index contributed by atoms with van der Waals surface area (Å²) in [5.41, 5.74) is 1.61. The van der Waals surface area contributed by atoms with Crippen LogP contribution in [0.4, 0.5) is 15.8 Å². The van der Waals surface area contributed by atoms with Crippen molar-refractivity contribution in [1.29, 1.82) is 0 Å². The Bertz CT molecular complexity index is 1100. The largest absolute Gasteiger partial charge is 0.506 e. The van der Waals surface area contributed by atoms with E-state index in [1.165, 1.54) is 30.3 Å². The number of carboxylic acids is 2. The highest BCUT2D eigenvalue weighted by molar-refractivity contribution is 6.03. The fourth-order valence-corrected chi connectivity index (χ4v) is 3.58. The van der Waals surface area contributed by atoms with E-state index in [9.17, 15) is 28.7 Å². The van der Waals surface area contributed by atoms with Crippen molar-refractivity contribution in [2.45, 2.75) is 32.6 Å². The molecule has 1 aliphatic rings. The van der Waals surface area contributed by atoms with E-state index in [1.807, 2.05) is 6.92 Å². The number of hydrogen-bond donors (Lipinski definition) is 5. The maximum atomic E-state index is 12.8. The Morgan fingerprint density at radius 3 is 2.14 bits per heavy atom. The SMILES string of the molecule is Cc1ccc(O)c(NC(=O)/C=C\C(=O)O)c1.O=C(O)[C@H]1CCCC[C@H]1C(=O)Nc1ccc(F)cc1. The van der Waals surface area contributed by atoms with Crippen molar-refractivity contribution in [3.05, 3.63) is 66.0 Å². The Labute approximate surface area is 201 Å². The van der Waals surface area contributed by atoms with Crippen molar-refractivity contribution in [3.8, 4) is 5.75 Å². The van der Waals surface area contributed by atoms with E-state index >= 15 is 0 Å². The molecule has 186 valence electrons. The summed E-state index contributed by atoms with van der Waals surface area (Å²) in [6.45, 7) is 1.81. The number of phenols is 1. The number of amides is 2. The van der Waals surface area contributed by atoms with Crippen LogP contribution in [-0.2, 0) is 19.2 Å². The minimum absolute atomic E-state index is 0.0670. The predicted octanol–water partition coefficient (Wildman–Crippen LogP) is 3.94. The van der Waals surface area contributed by atoms with Crippen LogP contribution in [0, 0.1) is 24.6 Å². The summed E-state index contributed by atoms with van der Waals surface area (Å²) in [4.78, 5) is 44.6. The quantitative estimate of drug-likeness (QED) is 0.306. The number of aliphatic carboxylic acids is 2. The van der Waals surface area contributed by atoms with Crippen molar-refractivity contribution in [2.75, 3.05) is 10.6 Å². The lowest BCUT2D eigenvalue weighted by Crippen LogP contribution is -2.36. The van der Waals surface area contributed by atoms with Crippen LogP contribution in [0.3, 0.4) is 0 Å². The molecule has 1 fully saturated rings. The molecule has 1 aliphatic carbocycles. The highest BCUT2D eigenvalue weighted by atomic mass is 19.1. The zero-order chi connectivity index (χ0) is 26.0. The van der Waals surface area contributed by atoms with Crippen molar-refractivity contribution in [2.24, 2.45) is 11.8 Å². The van der Waals surface area contributed by atoms with E-state index in [4.69, 9.17) is 10.2 Å². The monoisotopic (exact) mass is 486 g/mol. The Morgan fingerprint density at radius 1 is 0.914 bits per heavy atom. The van der Waals surface area contributed by atoms with Gasteiger partial charge in [0.25, 0.3) is 0 Å². The normalized spacial score (nSPS) is 17.1. The molecule has 0 unspecified atom stereocenters. The topological polar surface area (TPSA) is 153 Å². The summed E-state index contributed by atoms with van der Waals surface area (Å²) < 4.78 is 12.8. The van der Waals surface area contributed by atoms with Crippen LogP contribution in [-0.4, -0.2) is 39.1 Å². The molecule has 5 N–H and O–H groups in total. The molecule has 2 atom stereocenters. The van der Waals surface area contributed by atoms with Gasteiger partial charge in [-0.2, -0.15) is 0 Å². The number of aryl methyl sites for hydroxylation is 1. The number of hydrogen-bond acceptors (Lipinski definition) is 5. The number of carbonyl (C=O) groups is 4. The van der Waals surface area contributed by atoms with Crippen LogP contribution in [0.5, 0.6) is 5.75 Å². The maximum Gasteiger partial charge on any atom is 0.328 e. The molecule has 0 heterocycles. The van der Waals surface area contributed by atoms with Gasteiger partial charge >= 0.3 is 11.9 Å². The van der Waals surface area contributed by atoms with Crippen LogP contribution in [0.2, 0.25) is 0 Å². The summed E-state index contributed by atoms with van der Waals surface area (Å²) in [6.07, 6.45) is 4.44. The first-order valence-corrected chi connectivity index (χ1v) is 10.9. The van der Waals surface area contributed by atoms with Crippen molar-refractivity contribution in [3.63, 3.8) is 0 Å². The lowest BCUT2D eigenvalue weighted by atomic mass is 9.78. The van der Waals surface area contributed by atoms with Gasteiger partial charge in [0.15, 0.2) is 0 Å². The number of benzene rings is 2. The zero-order valence-electron chi connectivity index (χ0n) is 19.0. The number of carboxylic acid groups (broad SMARTS) is 2. The molecule has 2 aromatic carbocycles. The molecule has 0 spiro atoms. The summed E-state index contributed by atoms with van der Waals surface area (Å²) in [5, 5.41) is 31.9. The van der Waals surface area contributed by atoms with Gasteiger partial charge < -0.3 is 26.0 Å². The van der Waals surface area contributed by atoms with Crippen LogP contribution in [0.1, 0.15) is 31.2 Å². The van der Waals surface area contributed by atoms with Crippen LogP contribution in [0.15, 0.2) is 54.6 Å². The van der Waals surface area contributed by atoms with E-state index in [-0.39, 0.29) is 23.2 Å². The Hall–Kier alpha value is -4.21. The lowest BCUT2D eigenvalue weighted by molar-refractivity contribution is -0.147. The Kier molecular flexibility index (Phi) is 9.95. The molecule has 0 saturated heterocycles. The van der Waals surface area contributed by atoms with Crippen molar-refractivity contribution >= 4 is 35.1 Å². The first-order valence-electron chi connectivity index (χ1n) is 10.9. The molecule has 1 saturated carbocycles. The minimum atomic E-state index is -1.20. The molecule has 9 nitrogen and oxygen atoms in total. The van der Waals surface area contributed by atoms with Gasteiger partial charge in [0, 0.05) is 17.8 Å². The number of nitrogens with one attached hydrogen (secondary N) is 2. The van der Waals surface area contributed by atoms with Crippen LogP contribution >= 0.6 is 0 Å². The van der Waals surface area contributed by atoms with E-state index in [1.54, 1.807) is 12.1 Å². The molecule has 3 rings (SSSR count). The van der Waals surface area contributed by atoms with Gasteiger partial charge in [-0.3, -0.25) is 14.4 Å². The first-order chi connectivity index (χ1) is 16.6. The van der Waals surface area contributed by atoms with Gasteiger partial charge in [-0.15, -0.1) is 0 Å². The van der Waals surface area contributed by atoms with Gasteiger partial charge in [-0.05, 0) is 61.7 Å². The second-order valence-electron chi connectivity index (χ2n) is 8.01. The smallest absolute Gasteiger partial charge is 0.328 e. The second kappa shape index (κ2) is 12.9. The Balaban J connectivity index is 0.000000251. The third-order valence-corrected chi connectivity index (χ3v) is 5.32. The molecule has 2 aromatic rings. The van der Waals surface area contributed by atoms with E-state index in [0.717, 1.165) is 30.6 Å². The van der Waals surface area contributed by atoms with E-state index in [0.29, 0.717) is 18.5 Å². The van der Waals surface area contributed by atoms with Gasteiger partial charge in [-0.25, -0.2) is 9.18 Å². The third-order valence-electron chi connectivity index (χ3n) is 5.32. The highest BCUT2D eigenvalue weighted by Crippen LogP contribution is 2.31. The fourth-order valence-electron chi connectivity index (χ4n) is 3.58. The molecule has 2 amide bonds. The van der Waals surface area contributed by atoms with Gasteiger partial charge in [0.05, 0.1) is 17.5 Å². The fraction of sp³-hybridized carbons (Fsp3) is 0.280. The predicted molar refractivity (Wildman–Crippen MR) is 126 cm³/mol. The highest BCUT2D eigenvalue weighted by Gasteiger charge is 2.35. The maximum absolute atomic E-state index is 12.8. The molecule has 35 heavy (non-hydrogen) atoms. The first kappa shape index (κ1) is 27.0. The lowest BCUT2D eigenvalue weighted by Gasteiger charge is -2.27. The number of carbonyl (C=O) groups excluding carboxylic acids is 2. The van der Waals surface area contributed by atoms with Crippen LogP contribution < -0.4 is 10.6 Å². The molecule has 10 heteroatoms. The summed E-state index contributed by atoms with van der Waals surface area (Å²) in [7, 11) is 0. The molecule has 0 bridgehead atoms. The number of anilines is 2. The zero-order valence-corrected chi connectivity index (χ0v) is 19.0. The average Bonchev–Trinajstić information content (AvgIpc) is 2.82. The average molecular weight is 486 g/mol.